The van der Waals surface area contributed by atoms with Gasteiger partial charge in [-0.15, -0.1) is 11.3 Å². The maximum Gasteiger partial charge on any atom is 0.256 e. The van der Waals surface area contributed by atoms with Crippen LogP contribution in [0.15, 0.2) is 18.2 Å². The topological polar surface area (TPSA) is 52.9 Å². The van der Waals surface area contributed by atoms with Crippen molar-refractivity contribution in [2.24, 2.45) is 11.3 Å². The fourth-order valence-electron chi connectivity index (χ4n) is 3.59. The van der Waals surface area contributed by atoms with Crippen molar-refractivity contribution < 1.29 is 4.79 Å². The third kappa shape index (κ3) is 3.54. The van der Waals surface area contributed by atoms with Gasteiger partial charge in [0.1, 0.15) is 11.1 Å². The van der Waals surface area contributed by atoms with E-state index >= 15 is 0 Å². The number of nitriles is 1. The zero-order chi connectivity index (χ0) is 19.1. The van der Waals surface area contributed by atoms with Crippen LogP contribution in [0, 0.1) is 36.5 Å². The quantitative estimate of drug-likeness (QED) is 0.748. The summed E-state index contributed by atoms with van der Waals surface area (Å²) in [6.45, 7) is 10.9. The van der Waals surface area contributed by atoms with Crippen LogP contribution in [0.5, 0.6) is 0 Å². The third-order valence-electron chi connectivity index (χ3n) is 5.60. The highest BCUT2D eigenvalue weighted by atomic mass is 32.1. The molecule has 0 fully saturated rings. The van der Waals surface area contributed by atoms with Gasteiger partial charge in [-0.05, 0) is 73.3 Å². The number of hydrogen-bond donors (Lipinski definition) is 1. The van der Waals surface area contributed by atoms with Gasteiger partial charge in [0, 0.05) is 10.4 Å². The molecule has 0 saturated heterocycles. The van der Waals surface area contributed by atoms with Crippen LogP contribution < -0.4 is 5.32 Å². The number of aryl methyl sites for hydroxylation is 2. The predicted molar refractivity (Wildman–Crippen MR) is 108 cm³/mol. The number of fused-ring (bicyclic) bond motifs is 1. The molecule has 1 atom stereocenters. The number of anilines is 1. The maximum atomic E-state index is 12.7. The fraction of sp³-hybridized carbons (Fsp3) is 0.455. The van der Waals surface area contributed by atoms with E-state index in [1.165, 1.54) is 10.4 Å². The minimum Gasteiger partial charge on any atom is -0.312 e. The summed E-state index contributed by atoms with van der Waals surface area (Å²) in [5, 5.41) is 13.4. The Labute approximate surface area is 160 Å². The number of nitrogens with zero attached hydrogens (tertiary/aromatic N) is 1. The molecule has 26 heavy (non-hydrogen) atoms. The minimum atomic E-state index is -0.143. The SMILES string of the molecule is Cc1ccc(C(=O)Nc2sc3c(c2C#N)CC[C@H](C(C)(C)C)C3)cc1C. The van der Waals surface area contributed by atoms with Crippen molar-refractivity contribution in [3.8, 4) is 6.07 Å². The molecule has 1 aromatic heterocycles. The first-order valence-corrected chi connectivity index (χ1v) is 9.95. The molecule has 1 aliphatic carbocycles. The fourth-order valence-corrected chi connectivity index (χ4v) is 4.86. The molecule has 0 aliphatic heterocycles. The summed E-state index contributed by atoms with van der Waals surface area (Å²) in [5.41, 5.74) is 4.96. The van der Waals surface area contributed by atoms with Gasteiger partial charge in [-0.2, -0.15) is 5.26 Å². The van der Waals surface area contributed by atoms with Crippen molar-refractivity contribution in [1.29, 1.82) is 5.26 Å². The van der Waals surface area contributed by atoms with Crippen molar-refractivity contribution in [2.75, 3.05) is 5.32 Å². The van der Waals surface area contributed by atoms with Gasteiger partial charge in [0.15, 0.2) is 0 Å². The highest BCUT2D eigenvalue weighted by Crippen LogP contribution is 2.44. The van der Waals surface area contributed by atoms with Gasteiger partial charge in [-0.3, -0.25) is 4.79 Å². The zero-order valence-electron chi connectivity index (χ0n) is 16.2. The highest BCUT2D eigenvalue weighted by molar-refractivity contribution is 7.16. The zero-order valence-corrected chi connectivity index (χ0v) is 17.0. The number of nitrogens with one attached hydrogen (secondary N) is 1. The number of benzene rings is 1. The molecule has 136 valence electrons. The molecule has 2 aromatic rings. The van der Waals surface area contributed by atoms with Crippen LogP contribution in [0.3, 0.4) is 0 Å². The maximum absolute atomic E-state index is 12.7. The molecule has 0 saturated carbocycles. The molecular formula is C22H26N2OS. The third-order valence-corrected chi connectivity index (χ3v) is 6.77. The van der Waals surface area contributed by atoms with Crippen LogP contribution in [-0.2, 0) is 12.8 Å². The first kappa shape index (κ1) is 18.7. The van der Waals surface area contributed by atoms with E-state index in [0.29, 0.717) is 22.0 Å². The number of hydrogen-bond acceptors (Lipinski definition) is 3. The Balaban J connectivity index is 1.87. The van der Waals surface area contributed by atoms with Crippen LogP contribution >= 0.6 is 11.3 Å². The summed E-state index contributed by atoms with van der Waals surface area (Å²) in [6.07, 6.45) is 3.03. The summed E-state index contributed by atoms with van der Waals surface area (Å²) in [7, 11) is 0. The number of carbonyl (C=O) groups is 1. The molecule has 4 heteroatoms. The van der Waals surface area contributed by atoms with Crippen molar-refractivity contribution in [2.45, 2.75) is 53.9 Å². The van der Waals surface area contributed by atoms with Gasteiger partial charge in [0.2, 0.25) is 0 Å². The minimum absolute atomic E-state index is 0.143. The summed E-state index contributed by atoms with van der Waals surface area (Å²) in [4.78, 5) is 13.9. The molecule has 3 nitrogen and oxygen atoms in total. The molecular weight excluding hydrogens is 340 g/mol. The Bertz CT molecular complexity index is 896. The Morgan fingerprint density at radius 3 is 2.62 bits per heavy atom. The largest absolute Gasteiger partial charge is 0.312 e. The monoisotopic (exact) mass is 366 g/mol. The summed E-state index contributed by atoms with van der Waals surface area (Å²) in [6, 6.07) is 8.03. The summed E-state index contributed by atoms with van der Waals surface area (Å²) >= 11 is 1.58. The molecule has 0 spiro atoms. The van der Waals surface area contributed by atoms with Gasteiger partial charge < -0.3 is 5.32 Å². The second-order valence-corrected chi connectivity index (χ2v) is 9.48. The molecule has 0 unspecified atom stereocenters. The van der Waals surface area contributed by atoms with E-state index in [4.69, 9.17) is 0 Å². The molecule has 1 aliphatic rings. The van der Waals surface area contributed by atoms with Gasteiger partial charge >= 0.3 is 0 Å². The van der Waals surface area contributed by atoms with Gasteiger partial charge in [0.25, 0.3) is 5.91 Å². The first-order chi connectivity index (χ1) is 12.2. The lowest BCUT2D eigenvalue weighted by atomic mass is 9.72. The second kappa shape index (κ2) is 6.89. The van der Waals surface area contributed by atoms with E-state index in [1.54, 1.807) is 11.3 Å². The molecule has 3 rings (SSSR count). The van der Waals surface area contributed by atoms with Gasteiger partial charge in [0.05, 0.1) is 5.56 Å². The number of amides is 1. The molecule has 1 amide bonds. The summed E-state index contributed by atoms with van der Waals surface area (Å²) in [5.74, 6) is 0.471. The number of thiophene rings is 1. The van der Waals surface area contributed by atoms with E-state index < -0.39 is 0 Å². The van der Waals surface area contributed by atoms with Crippen molar-refractivity contribution >= 4 is 22.2 Å². The van der Waals surface area contributed by atoms with Crippen LogP contribution in [0.2, 0.25) is 0 Å². The van der Waals surface area contributed by atoms with Crippen LogP contribution in [0.4, 0.5) is 5.00 Å². The molecule has 1 N–H and O–H groups in total. The average Bonchev–Trinajstić information content (AvgIpc) is 2.92. The standard InChI is InChI=1S/C22H26N2OS/c1-13-6-7-15(10-14(13)2)20(25)24-21-18(12-23)17-9-8-16(22(3,4)5)11-19(17)26-21/h6-7,10,16H,8-9,11H2,1-5H3,(H,24,25)/t16-/m0/s1. The Kier molecular flexibility index (Phi) is 4.94. The van der Waals surface area contributed by atoms with E-state index in [0.717, 1.165) is 30.4 Å². The smallest absolute Gasteiger partial charge is 0.256 e. The normalized spacial score (nSPS) is 16.7. The molecule has 0 bridgehead atoms. The van der Waals surface area contributed by atoms with E-state index in [2.05, 4.69) is 32.2 Å². The van der Waals surface area contributed by atoms with E-state index in [-0.39, 0.29) is 11.3 Å². The highest BCUT2D eigenvalue weighted by Gasteiger charge is 2.32. The Morgan fingerprint density at radius 1 is 1.27 bits per heavy atom. The first-order valence-electron chi connectivity index (χ1n) is 9.14. The van der Waals surface area contributed by atoms with Crippen molar-refractivity contribution in [3.05, 3.63) is 50.9 Å². The predicted octanol–water partition coefficient (Wildman–Crippen LogP) is 5.64. The van der Waals surface area contributed by atoms with Gasteiger partial charge in [-0.1, -0.05) is 26.8 Å². The van der Waals surface area contributed by atoms with Crippen LogP contribution in [0.1, 0.15) is 64.7 Å². The van der Waals surface area contributed by atoms with E-state index in [9.17, 15) is 10.1 Å². The van der Waals surface area contributed by atoms with Gasteiger partial charge in [-0.25, -0.2) is 0 Å². The molecule has 1 aromatic carbocycles. The lowest BCUT2D eigenvalue weighted by Gasteiger charge is -2.33. The number of carbonyl (C=O) groups excluding carboxylic acids is 1. The van der Waals surface area contributed by atoms with E-state index in [1.807, 2.05) is 32.0 Å². The summed E-state index contributed by atoms with van der Waals surface area (Å²) < 4.78 is 0. The average molecular weight is 367 g/mol. The second-order valence-electron chi connectivity index (χ2n) is 8.38. The van der Waals surface area contributed by atoms with Crippen molar-refractivity contribution in [1.82, 2.24) is 0 Å². The van der Waals surface area contributed by atoms with Crippen molar-refractivity contribution in [3.63, 3.8) is 0 Å². The van der Waals surface area contributed by atoms with Crippen LogP contribution in [-0.4, -0.2) is 5.91 Å². The molecule has 1 heterocycles. The number of rotatable bonds is 2. The Hall–Kier alpha value is -2.12. The lowest BCUT2D eigenvalue weighted by Crippen LogP contribution is -2.26. The molecule has 0 radical (unpaired) electrons. The Morgan fingerprint density at radius 2 is 2.00 bits per heavy atom. The van der Waals surface area contributed by atoms with Crippen LogP contribution in [0.25, 0.3) is 0 Å². The lowest BCUT2D eigenvalue weighted by molar-refractivity contribution is 0.102.